The Kier molecular flexibility index (Phi) is 6.80. The molecule has 0 aliphatic carbocycles. The lowest BCUT2D eigenvalue weighted by atomic mass is 9.88. The molecule has 2 heterocycles. The number of pyridine rings is 1. The molecule has 5 heteroatoms. The van der Waals surface area contributed by atoms with Crippen LogP contribution in [0.5, 0.6) is 0 Å². The summed E-state index contributed by atoms with van der Waals surface area (Å²) in [4.78, 5) is 21.2. The molecule has 0 unspecified atom stereocenters. The number of likely N-dealkylation sites (tertiary alicyclic amines) is 1. The van der Waals surface area contributed by atoms with Gasteiger partial charge in [-0.2, -0.15) is 0 Å². The van der Waals surface area contributed by atoms with E-state index >= 15 is 0 Å². The average Bonchev–Trinajstić information content (AvgIpc) is 2.77. The summed E-state index contributed by atoms with van der Waals surface area (Å²) < 4.78 is 5.47. The third-order valence-corrected chi connectivity index (χ3v) is 5.88. The van der Waals surface area contributed by atoms with Crippen LogP contribution < -0.4 is 4.90 Å². The Morgan fingerprint density at radius 2 is 1.55 bits per heavy atom. The molecule has 1 saturated heterocycles. The normalized spacial score (nSPS) is 14.7. The van der Waals surface area contributed by atoms with E-state index in [9.17, 15) is 4.79 Å². The molecule has 0 saturated carbocycles. The first kappa shape index (κ1) is 23.0. The zero-order chi connectivity index (χ0) is 23.4. The van der Waals surface area contributed by atoms with Crippen LogP contribution in [0.4, 0.5) is 10.6 Å². The van der Waals surface area contributed by atoms with Crippen LogP contribution in [-0.2, 0) is 11.2 Å². The van der Waals surface area contributed by atoms with Crippen molar-refractivity contribution in [2.24, 2.45) is 5.92 Å². The smallest absolute Gasteiger partial charge is 0.415 e. The first-order valence-corrected chi connectivity index (χ1v) is 11.6. The van der Waals surface area contributed by atoms with E-state index in [-0.39, 0.29) is 6.04 Å². The van der Waals surface area contributed by atoms with Gasteiger partial charge >= 0.3 is 6.09 Å². The summed E-state index contributed by atoms with van der Waals surface area (Å²) in [5.41, 5.74) is 3.11. The molecule has 0 radical (unpaired) electrons. The highest BCUT2D eigenvalue weighted by molar-refractivity contribution is 5.85. The lowest BCUT2D eigenvalue weighted by Crippen LogP contribution is -2.49. The van der Waals surface area contributed by atoms with Crippen LogP contribution in [-0.4, -0.2) is 41.7 Å². The molecule has 0 bridgehead atoms. The number of hydrogen-bond donors (Lipinski definition) is 0. The SMILES string of the molecule is CN(C(=O)OC(C)(C)C)c1cccc(CC2CN(C(c3ccccc3)c3ccccc3)C2)n1. The van der Waals surface area contributed by atoms with Crippen LogP contribution in [0.25, 0.3) is 0 Å². The number of carbonyl (C=O) groups is 1. The highest BCUT2D eigenvalue weighted by atomic mass is 16.6. The summed E-state index contributed by atoms with van der Waals surface area (Å²) in [6, 6.07) is 27.5. The van der Waals surface area contributed by atoms with Crippen molar-refractivity contribution in [3.8, 4) is 0 Å². The molecule has 3 aromatic rings. The molecule has 4 rings (SSSR count). The second-order valence-electron chi connectivity index (χ2n) is 9.77. The Morgan fingerprint density at radius 1 is 0.970 bits per heavy atom. The number of benzene rings is 2. The maximum absolute atomic E-state index is 12.4. The van der Waals surface area contributed by atoms with E-state index < -0.39 is 11.7 Å². The Labute approximate surface area is 197 Å². The topological polar surface area (TPSA) is 45.7 Å². The minimum Gasteiger partial charge on any atom is -0.443 e. The number of hydrogen-bond acceptors (Lipinski definition) is 4. The standard InChI is InChI=1S/C28H33N3O2/c1-28(2,3)33-27(32)30(4)25-17-11-16-24(29-25)18-21-19-31(20-21)26(22-12-7-5-8-13-22)23-14-9-6-10-15-23/h5-17,21,26H,18-20H2,1-4H3. The van der Waals surface area contributed by atoms with E-state index in [4.69, 9.17) is 9.72 Å². The zero-order valence-corrected chi connectivity index (χ0v) is 19.9. The van der Waals surface area contributed by atoms with Gasteiger partial charge in [0.25, 0.3) is 0 Å². The summed E-state index contributed by atoms with van der Waals surface area (Å²) in [5, 5.41) is 0. The van der Waals surface area contributed by atoms with Crippen molar-refractivity contribution in [3.05, 3.63) is 95.7 Å². The first-order valence-electron chi connectivity index (χ1n) is 11.6. The highest BCUT2D eigenvalue weighted by Gasteiger charge is 2.34. The largest absolute Gasteiger partial charge is 0.443 e. The Balaban J connectivity index is 1.41. The number of aromatic nitrogens is 1. The fraction of sp³-hybridized carbons (Fsp3) is 0.357. The molecule has 1 amide bonds. The summed E-state index contributed by atoms with van der Waals surface area (Å²) in [5.74, 6) is 1.15. The number of ether oxygens (including phenoxy) is 1. The van der Waals surface area contributed by atoms with Gasteiger partial charge < -0.3 is 4.74 Å². The third kappa shape index (κ3) is 5.79. The summed E-state index contributed by atoms with van der Waals surface area (Å²) >= 11 is 0. The number of rotatable bonds is 6. The number of carbonyl (C=O) groups excluding carboxylic acids is 1. The predicted molar refractivity (Wildman–Crippen MR) is 132 cm³/mol. The van der Waals surface area contributed by atoms with Gasteiger partial charge in [-0.05, 0) is 56.4 Å². The van der Waals surface area contributed by atoms with Gasteiger partial charge in [-0.3, -0.25) is 9.80 Å². The second-order valence-corrected chi connectivity index (χ2v) is 9.77. The van der Waals surface area contributed by atoms with E-state index in [1.54, 1.807) is 7.05 Å². The zero-order valence-electron chi connectivity index (χ0n) is 19.9. The fourth-order valence-electron chi connectivity index (χ4n) is 4.32. The van der Waals surface area contributed by atoms with Gasteiger partial charge in [0.1, 0.15) is 11.4 Å². The highest BCUT2D eigenvalue weighted by Crippen LogP contribution is 2.35. The van der Waals surface area contributed by atoms with E-state index in [0.717, 1.165) is 25.2 Å². The molecule has 1 aromatic heterocycles. The lowest BCUT2D eigenvalue weighted by molar-refractivity contribution is 0.0588. The number of amides is 1. The minimum atomic E-state index is -0.535. The van der Waals surface area contributed by atoms with Crippen LogP contribution in [0.15, 0.2) is 78.9 Å². The Morgan fingerprint density at radius 3 is 2.09 bits per heavy atom. The van der Waals surface area contributed by atoms with Gasteiger partial charge in [-0.15, -0.1) is 0 Å². The van der Waals surface area contributed by atoms with Gasteiger partial charge in [-0.25, -0.2) is 9.78 Å². The van der Waals surface area contributed by atoms with Crippen molar-refractivity contribution >= 4 is 11.9 Å². The second kappa shape index (κ2) is 9.75. The average molecular weight is 444 g/mol. The van der Waals surface area contributed by atoms with Crippen molar-refractivity contribution < 1.29 is 9.53 Å². The maximum atomic E-state index is 12.4. The molecule has 0 atom stereocenters. The van der Waals surface area contributed by atoms with E-state index in [0.29, 0.717) is 11.7 Å². The monoisotopic (exact) mass is 443 g/mol. The van der Waals surface area contributed by atoms with Crippen molar-refractivity contribution in [1.82, 2.24) is 9.88 Å². The summed E-state index contributed by atoms with van der Waals surface area (Å²) in [6.07, 6.45) is 0.499. The molecule has 33 heavy (non-hydrogen) atoms. The minimum absolute atomic E-state index is 0.265. The summed E-state index contributed by atoms with van der Waals surface area (Å²) in [6.45, 7) is 7.62. The predicted octanol–water partition coefficient (Wildman–Crippen LogP) is 5.72. The molecule has 1 aliphatic rings. The van der Waals surface area contributed by atoms with Gasteiger partial charge in [0.15, 0.2) is 0 Å². The number of nitrogens with zero attached hydrogens (tertiary/aromatic N) is 3. The van der Waals surface area contributed by atoms with Crippen LogP contribution in [0.1, 0.15) is 43.6 Å². The fourth-order valence-corrected chi connectivity index (χ4v) is 4.32. The van der Waals surface area contributed by atoms with Crippen LogP contribution in [0.3, 0.4) is 0 Å². The molecule has 0 N–H and O–H groups in total. The molecule has 1 aliphatic heterocycles. The Hall–Kier alpha value is -3.18. The van der Waals surface area contributed by atoms with Crippen LogP contribution in [0.2, 0.25) is 0 Å². The van der Waals surface area contributed by atoms with E-state index in [1.807, 2.05) is 39.0 Å². The third-order valence-electron chi connectivity index (χ3n) is 5.88. The number of anilines is 1. The van der Waals surface area contributed by atoms with Gasteiger partial charge in [0.05, 0.1) is 6.04 Å². The molecule has 5 nitrogen and oxygen atoms in total. The maximum Gasteiger partial charge on any atom is 0.415 e. The lowest BCUT2D eigenvalue weighted by Gasteiger charge is -2.45. The van der Waals surface area contributed by atoms with Crippen molar-refractivity contribution in [3.63, 3.8) is 0 Å². The van der Waals surface area contributed by atoms with E-state index in [2.05, 4.69) is 65.6 Å². The molecule has 172 valence electrons. The van der Waals surface area contributed by atoms with Gasteiger partial charge in [0, 0.05) is 25.8 Å². The van der Waals surface area contributed by atoms with Crippen LogP contribution in [0, 0.1) is 5.92 Å². The van der Waals surface area contributed by atoms with Crippen molar-refractivity contribution in [1.29, 1.82) is 0 Å². The van der Waals surface area contributed by atoms with Gasteiger partial charge in [0.2, 0.25) is 0 Å². The first-order chi connectivity index (χ1) is 15.8. The molecule has 0 spiro atoms. The van der Waals surface area contributed by atoms with Gasteiger partial charge in [-0.1, -0.05) is 66.7 Å². The molecular weight excluding hydrogens is 410 g/mol. The Bertz CT molecular complexity index is 1020. The van der Waals surface area contributed by atoms with Crippen LogP contribution >= 0.6 is 0 Å². The quantitative estimate of drug-likeness (QED) is 0.489. The summed E-state index contributed by atoms with van der Waals surface area (Å²) in [7, 11) is 1.70. The van der Waals surface area contributed by atoms with Crippen molar-refractivity contribution in [2.45, 2.75) is 38.8 Å². The molecular formula is C28H33N3O2. The van der Waals surface area contributed by atoms with E-state index in [1.165, 1.54) is 16.0 Å². The molecule has 1 fully saturated rings. The van der Waals surface area contributed by atoms with Crippen molar-refractivity contribution in [2.75, 3.05) is 25.0 Å². The molecule has 2 aromatic carbocycles.